The van der Waals surface area contributed by atoms with E-state index in [0.29, 0.717) is 12.1 Å². The standard InChI is InChI=1S/C16H20N4O/c1-4-13(5-1)20-10-14-6-2-9-19(14)11-15(12-20)21-16-17-7-3-8-18-16/h2-3,6-9,13,15H,1,4-5,10-12H2/t15-/m0/s1. The van der Waals surface area contributed by atoms with E-state index in [9.17, 15) is 0 Å². The molecule has 0 amide bonds. The van der Waals surface area contributed by atoms with Gasteiger partial charge < -0.3 is 9.30 Å². The van der Waals surface area contributed by atoms with Gasteiger partial charge in [-0.15, -0.1) is 0 Å². The topological polar surface area (TPSA) is 43.2 Å². The second kappa shape index (κ2) is 5.48. The summed E-state index contributed by atoms with van der Waals surface area (Å²) in [5.41, 5.74) is 1.38. The molecule has 21 heavy (non-hydrogen) atoms. The summed E-state index contributed by atoms with van der Waals surface area (Å²) in [7, 11) is 0. The van der Waals surface area contributed by atoms with Crippen LogP contribution in [0.25, 0.3) is 0 Å². The van der Waals surface area contributed by atoms with Crippen LogP contribution in [-0.2, 0) is 13.1 Å². The summed E-state index contributed by atoms with van der Waals surface area (Å²) >= 11 is 0. The fourth-order valence-electron chi connectivity index (χ4n) is 3.18. The normalized spacial score (nSPS) is 23.1. The maximum Gasteiger partial charge on any atom is 0.316 e. The number of rotatable bonds is 3. The molecule has 0 aromatic carbocycles. The fraction of sp³-hybridized carbons (Fsp3) is 0.500. The second-order valence-electron chi connectivity index (χ2n) is 5.94. The van der Waals surface area contributed by atoms with E-state index in [0.717, 1.165) is 19.6 Å². The maximum atomic E-state index is 6.03. The van der Waals surface area contributed by atoms with Crippen LogP contribution in [0.4, 0.5) is 0 Å². The largest absolute Gasteiger partial charge is 0.457 e. The van der Waals surface area contributed by atoms with Crippen molar-refractivity contribution in [2.24, 2.45) is 0 Å². The van der Waals surface area contributed by atoms with Crippen LogP contribution >= 0.6 is 0 Å². The third kappa shape index (κ3) is 2.65. The Morgan fingerprint density at radius 2 is 1.95 bits per heavy atom. The molecule has 2 aliphatic rings. The van der Waals surface area contributed by atoms with Crippen molar-refractivity contribution in [3.8, 4) is 6.01 Å². The first-order chi connectivity index (χ1) is 10.4. The molecule has 2 aromatic rings. The van der Waals surface area contributed by atoms with E-state index in [-0.39, 0.29) is 6.10 Å². The minimum Gasteiger partial charge on any atom is -0.457 e. The van der Waals surface area contributed by atoms with Gasteiger partial charge in [0.2, 0.25) is 0 Å². The summed E-state index contributed by atoms with van der Waals surface area (Å²) in [4.78, 5) is 10.9. The van der Waals surface area contributed by atoms with Crippen molar-refractivity contribution in [3.05, 3.63) is 42.5 Å². The molecule has 5 heteroatoms. The number of aromatic nitrogens is 3. The van der Waals surface area contributed by atoms with Crippen molar-refractivity contribution < 1.29 is 4.74 Å². The number of hydrogen-bond donors (Lipinski definition) is 0. The third-order valence-corrected chi connectivity index (χ3v) is 4.53. The van der Waals surface area contributed by atoms with Crippen molar-refractivity contribution in [2.45, 2.75) is 44.5 Å². The zero-order chi connectivity index (χ0) is 14.1. The monoisotopic (exact) mass is 284 g/mol. The Balaban J connectivity index is 1.55. The molecule has 0 N–H and O–H groups in total. The first-order valence-corrected chi connectivity index (χ1v) is 7.70. The van der Waals surface area contributed by atoms with E-state index in [4.69, 9.17) is 4.74 Å². The molecule has 1 aliphatic heterocycles. The van der Waals surface area contributed by atoms with Gasteiger partial charge in [-0.3, -0.25) is 4.90 Å². The molecule has 0 saturated heterocycles. The molecule has 0 spiro atoms. The van der Waals surface area contributed by atoms with Gasteiger partial charge in [0.25, 0.3) is 0 Å². The van der Waals surface area contributed by atoms with Gasteiger partial charge in [-0.05, 0) is 31.0 Å². The molecule has 4 rings (SSSR count). The molecule has 0 radical (unpaired) electrons. The number of hydrogen-bond acceptors (Lipinski definition) is 4. The highest BCUT2D eigenvalue weighted by atomic mass is 16.5. The van der Waals surface area contributed by atoms with Crippen LogP contribution < -0.4 is 4.74 Å². The highest BCUT2D eigenvalue weighted by molar-refractivity contribution is 5.10. The van der Waals surface area contributed by atoms with Gasteiger partial charge in [0, 0.05) is 43.4 Å². The molecular weight excluding hydrogens is 264 g/mol. The number of nitrogens with zero attached hydrogens (tertiary/aromatic N) is 4. The van der Waals surface area contributed by atoms with Crippen LogP contribution in [0.1, 0.15) is 25.0 Å². The molecule has 5 nitrogen and oxygen atoms in total. The molecule has 0 unspecified atom stereocenters. The summed E-state index contributed by atoms with van der Waals surface area (Å²) in [6, 6.07) is 7.34. The van der Waals surface area contributed by atoms with E-state index >= 15 is 0 Å². The zero-order valence-electron chi connectivity index (χ0n) is 12.1. The Bertz CT molecular complexity index is 593. The number of fused-ring (bicyclic) bond motifs is 1. The second-order valence-corrected chi connectivity index (χ2v) is 5.94. The Morgan fingerprint density at radius 3 is 2.71 bits per heavy atom. The van der Waals surface area contributed by atoms with Crippen LogP contribution in [-0.4, -0.2) is 38.1 Å². The Labute approximate surface area is 124 Å². The van der Waals surface area contributed by atoms with E-state index in [1.165, 1.54) is 25.0 Å². The van der Waals surface area contributed by atoms with Gasteiger partial charge in [0.15, 0.2) is 0 Å². The van der Waals surface area contributed by atoms with Crippen LogP contribution in [0.15, 0.2) is 36.8 Å². The molecule has 1 aliphatic carbocycles. The van der Waals surface area contributed by atoms with Crippen LogP contribution in [0.5, 0.6) is 6.01 Å². The summed E-state index contributed by atoms with van der Waals surface area (Å²) in [5, 5.41) is 0. The number of ether oxygens (including phenoxy) is 1. The Morgan fingerprint density at radius 1 is 1.10 bits per heavy atom. The molecule has 0 bridgehead atoms. The highest BCUT2D eigenvalue weighted by Crippen LogP contribution is 2.28. The molecule has 1 saturated carbocycles. The van der Waals surface area contributed by atoms with Crippen LogP contribution in [0, 0.1) is 0 Å². The third-order valence-electron chi connectivity index (χ3n) is 4.53. The lowest BCUT2D eigenvalue weighted by atomic mass is 9.91. The molecule has 110 valence electrons. The lowest BCUT2D eigenvalue weighted by molar-refractivity contribution is 0.0636. The smallest absolute Gasteiger partial charge is 0.316 e. The van der Waals surface area contributed by atoms with Gasteiger partial charge in [0.1, 0.15) is 6.10 Å². The van der Waals surface area contributed by atoms with Gasteiger partial charge in [-0.25, -0.2) is 9.97 Å². The van der Waals surface area contributed by atoms with Crippen LogP contribution in [0.3, 0.4) is 0 Å². The van der Waals surface area contributed by atoms with Gasteiger partial charge in [0.05, 0.1) is 6.54 Å². The molecule has 3 heterocycles. The van der Waals surface area contributed by atoms with E-state index in [1.807, 2.05) is 6.07 Å². The predicted molar refractivity (Wildman–Crippen MR) is 78.9 cm³/mol. The fourth-order valence-corrected chi connectivity index (χ4v) is 3.18. The lowest BCUT2D eigenvalue weighted by Crippen LogP contribution is -2.44. The van der Waals surface area contributed by atoms with Crippen molar-refractivity contribution in [1.82, 2.24) is 19.4 Å². The van der Waals surface area contributed by atoms with Gasteiger partial charge >= 0.3 is 6.01 Å². The quantitative estimate of drug-likeness (QED) is 0.865. The first kappa shape index (κ1) is 12.8. The molecule has 1 atom stereocenters. The average Bonchev–Trinajstić information content (AvgIpc) is 2.78. The highest BCUT2D eigenvalue weighted by Gasteiger charge is 2.31. The summed E-state index contributed by atoms with van der Waals surface area (Å²) < 4.78 is 8.32. The van der Waals surface area contributed by atoms with Gasteiger partial charge in [-0.2, -0.15) is 0 Å². The Hall–Kier alpha value is -1.88. The minimum atomic E-state index is 0.0987. The lowest BCUT2D eigenvalue weighted by Gasteiger charge is -2.37. The first-order valence-electron chi connectivity index (χ1n) is 7.70. The summed E-state index contributed by atoms with van der Waals surface area (Å²) in [6.45, 7) is 2.83. The van der Waals surface area contributed by atoms with Gasteiger partial charge in [-0.1, -0.05) is 6.42 Å². The summed E-state index contributed by atoms with van der Waals surface area (Å²) in [5.74, 6) is 0. The van der Waals surface area contributed by atoms with Crippen molar-refractivity contribution in [1.29, 1.82) is 0 Å². The van der Waals surface area contributed by atoms with Crippen LogP contribution in [0.2, 0.25) is 0 Å². The zero-order valence-corrected chi connectivity index (χ0v) is 12.1. The van der Waals surface area contributed by atoms with E-state index < -0.39 is 0 Å². The molecule has 1 fully saturated rings. The average molecular weight is 284 g/mol. The van der Waals surface area contributed by atoms with E-state index in [2.05, 4.69) is 37.8 Å². The minimum absolute atomic E-state index is 0.0987. The predicted octanol–water partition coefficient (Wildman–Crippen LogP) is 2.09. The SMILES string of the molecule is c1cnc(O[C@@H]2CN(C3CCC3)Cc3cccn3C2)nc1. The Kier molecular flexibility index (Phi) is 3.35. The molecular formula is C16H20N4O. The maximum absolute atomic E-state index is 6.03. The van der Waals surface area contributed by atoms with E-state index in [1.54, 1.807) is 12.4 Å². The summed E-state index contributed by atoms with van der Waals surface area (Å²) in [6.07, 6.45) is 9.68. The van der Waals surface area contributed by atoms with Crippen molar-refractivity contribution in [3.63, 3.8) is 0 Å². The van der Waals surface area contributed by atoms with Crippen molar-refractivity contribution in [2.75, 3.05) is 6.54 Å². The van der Waals surface area contributed by atoms with Crippen molar-refractivity contribution >= 4 is 0 Å². The molecule has 2 aromatic heterocycles.